The van der Waals surface area contributed by atoms with Crippen LogP contribution in [0.25, 0.3) is 0 Å². The average molecular weight is 454 g/mol. The van der Waals surface area contributed by atoms with E-state index in [1.807, 2.05) is 37.3 Å². The Morgan fingerprint density at radius 1 is 1.03 bits per heavy atom. The number of rotatable bonds is 9. The molecule has 2 amide bonds. The normalized spacial score (nSPS) is 11.6. The number of benzene rings is 3. The molecule has 8 heteroatoms. The van der Waals surface area contributed by atoms with E-state index < -0.39 is 23.7 Å². The van der Waals surface area contributed by atoms with Crippen molar-refractivity contribution in [2.24, 2.45) is 0 Å². The molecule has 0 saturated carbocycles. The monoisotopic (exact) mass is 453 g/mol. The van der Waals surface area contributed by atoms with Gasteiger partial charge in [-0.05, 0) is 53.9 Å². The van der Waals surface area contributed by atoms with Gasteiger partial charge >= 0.3 is 0 Å². The van der Waals surface area contributed by atoms with Crippen LogP contribution < -0.4 is 15.4 Å². The fourth-order valence-electron chi connectivity index (χ4n) is 2.96. The molecule has 0 aromatic heterocycles. The van der Waals surface area contributed by atoms with Crippen LogP contribution in [0.5, 0.6) is 5.75 Å². The number of hydrogen-bond acceptors (Lipinski definition) is 5. The van der Waals surface area contributed by atoms with Gasteiger partial charge in [0.05, 0.1) is 4.90 Å². The van der Waals surface area contributed by atoms with Crippen molar-refractivity contribution in [3.8, 4) is 5.75 Å². The third kappa shape index (κ3) is 6.57. The number of phenols is 1. The first-order valence-corrected chi connectivity index (χ1v) is 10.9. The summed E-state index contributed by atoms with van der Waals surface area (Å²) < 4.78 is 16.2. The van der Waals surface area contributed by atoms with Crippen LogP contribution in [0.2, 0.25) is 0 Å². The molecule has 0 aliphatic rings. The first kappa shape index (κ1) is 23.3. The van der Waals surface area contributed by atoms with Gasteiger partial charge in [0, 0.05) is 30.3 Å². The summed E-state index contributed by atoms with van der Waals surface area (Å²) in [5, 5.41) is 15.7. The Balaban J connectivity index is 1.76. The summed E-state index contributed by atoms with van der Waals surface area (Å²) in [4.78, 5) is 26.3. The second-order valence-electron chi connectivity index (χ2n) is 6.99. The van der Waals surface area contributed by atoms with Crippen LogP contribution in [-0.4, -0.2) is 29.5 Å². The zero-order valence-corrected chi connectivity index (χ0v) is 18.3. The van der Waals surface area contributed by atoms with E-state index in [4.69, 9.17) is 0 Å². The smallest absolute Gasteiger partial charge is 0.251 e. The summed E-state index contributed by atoms with van der Waals surface area (Å²) in [5.74, 6) is -1.34. The highest BCUT2D eigenvalue weighted by Crippen LogP contribution is 2.29. The second kappa shape index (κ2) is 11.3. The van der Waals surface area contributed by atoms with Crippen molar-refractivity contribution in [1.82, 2.24) is 10.0 Å². The highest BCUT2D eigenvalue weighted by atomic mass is 32.2. The van der Waals surface area contributed by atoms with Crippen LogP contribution in [0.15, 0.2) is 77.7 Å². The van der Waals surface area contributed by atoms with Crippen molar-refractivity contribution < 1.29 is 19.1 Å². The largest absolute Gasteiger partial charge is 0.507 e. The van der Waals surface area contributed by atoms with Gasteiger partial charge in [-0.3, -0.25) is 14.3 Å². The van der Waals surface area contributed by atoms with E-state index in [0.717, 1.165) is 12.1 Å². The lowest BCUT2D eigenvalue weighted by Gasteiger charge is -2.19. The third-order valence-electron chi connectivity index (χ3n) is 4.56. The van der Waals surface area contributed by atoms with E-state index in [-0.39, 0.29) is 17.7 Å². The van der Waals surface area contributed by atoms with Gasteiger partial charge in [0.15, 0.2) is 0 Å². The molecule has 0 aliphatic heterocycles. The molecule has 0 saturated heterocycles. The summed E-state index contributed by atoms with van der Waals surface area (Å²) in [6.07, 6.45) is 0.264. The maximum Gasteiger partial charge on any atom is 0.251 e. The molecule has 166 valence electrons. The molecule has 3 aromatic carbocycles. The Labute approximate surface area is 190 Å². The molecular formula is C24H24FN3O3S. The van der Waals surface area contributed by atoms with Gasteiger partial charge in [0.25, 0.3) is 5.91 Å². The standard InChI is InChI=1S/C24H24FN3O3S/c1-2-26-32-22-13-12-19(15-21(22)29)27-24(31)20(14-16-6-4-3-5-7-16)28-23(30)17-8-10-18(25)11-9-17/h3-13,15,20,26,29H,2,14H2,1H3,(H,27,31)(H,28,30). The quantitative estimate of drug-likeness (QED) is 0.366. The van der Waals surface area contributed by atoms with Crippen LogP contribution in [-0.2, 0) is 11.2 Å². The molecular weight excluding hydrogens is 429 g/mol. The number of hydrogen-bond donors (Lipinski definition) is 4. The summed E-state index contributed by atoms with van der Waals surface area (Å²) in [6.45, 7) is 2.68. The number of amides is 2. The molecule has 0 fully saturated rings. The minimum atomic E-state index is -0.882. The molecule has 0 bridgehead atoms. The van der Waals surface area contributed by atoms with E-state index in [9.17, 15) is 19.1 Å². The highest BCUT2D eigenvalue weighted by molar-refractivity contribution is 7.97. The Bertz CT molecular complexity index is 1060. The molecule has 3 rings (SSSR count). The van der Waals surface area contributed by atoms with Crippen molar-refractivity contribution in [2.45, 2.75) is 24.3 Å². The number of halogens is 1. The minimum absolute atomic E-state index is 0.0312. The number of aromatic hydroxyl groups is 1. The predicted molar refractivity (Wildman–Crippen MR) is 124 cm³/mol. The number of phenolic OH excluding ortho intramolecular Hbond substituents is 1. The van der Waals surface area contributed by atoms with Gasteiger partial charge in [-0.1, -0.05) is 37.3 Å². The van der Waals surface area contributed by atoms with Crippen molar-refractivity contribution in [1.29, 1.82) is 0 Å². The Morgan fingerprint density at radius 2 is 1.75 bits per heavy atom. The third-order valence-corrected chi connectivity index (χ3v) is 5.56. The van der Waals surface area contributed by atoms with E-state index >= 15 is 0 Å². The molecule has 32 heavy (non-hydrogen) atoms. The molecule has 0 aliphatic carbocycles. The highest BCUT2D eigenvalue weighted by Gasteiger charge is 2.22. The maximum absolute atomic E-state index is 13.2. The number of carbonyl (C=O) groups excluding carboxylic acids is 2. The van der Waals surface area contributed by atoms with E-state index in [0.29, 0.717) is 10.6 Å². The van der Waals surface area contributed by atoms with Gasteiger partial charge in [-0.2, -0.15) is 0 Å². The van der Waals surface area contributed by atoms with Gasteiger partial charge in [0.2, 0.25) is 5.91 Å². The summed E-state index contributed by atoms with van der Waals surface area (Å²) >= 11 is 1.29. The SMILES string of the molecule is CCNSc1ccc(NC(=O)C(Cc2ccccc2)NC(=O)c2ccc(F)cc2)cc1O. The van der Waals surface area contributed by atoms with E-state index in [2.05, 4.69) is 15.4 Å². The molecule has 6 nitrogen and oxygen atoms in total. The Kier molecular flexibility index (Phi) is 8.24. The minimum Gasteiger partial charge on any atom is -0.507 e. The van der Waals surface area contributed by atoms with Crippen molar-refractivity contribution >= 4 is 29.4 Å². The number of anilines is 1. The van der Waals surface area contributed by atoms with E-state index in [1.165, 1.54) is 42.3 Å². The lowest BCUT2D eigenvalue weighted by atomic mass is 10.0. The van der Waals surface area contributed by atoms with Gasteiger partial charge in [-0.25, -0.2) is 4.39 Å². The van der Waals surface area contributed by atoms with E-state index in [1.54, 1.807) is 12.1 Å². The van der Waals surface area contributed by atoms with Gasteiger partial charge < -0.3 is 15.7 Å². The number of carbonyl (C=O) groups is 2. The van der Waals surface area contributed by atoms with Crippen LogP contribution >= 0.6 is 11.9 Å². The van der Waals surface area contributed by atoms with Crippen LogP contribution in [0.1, 0.15) is 22.8 Å². The van der Waals surface area contributed by atoms with Crippen LogP contribution in [0.3, 0.4) is 0 Å². The molecule has 0 spiro atoms. The molecule has 4 N–H and O–H groups in total. The lowest BCUT2D eigenvalue weighted by molar-refractivity contribution is -0.118. The van der Waals surface area contributed by atoms with Gasteiger partial charge in [0.1, 0.15) is 17.6 Å². The lowest BCUT2D eigenvalue weighted by Crippen LogP contribution is -2.45. The zero-order chi connectivity index (χ0) is 22.9. The average Bonchev–Trinajstić information content (AvgIpc) is 2.79. The Morgan fingerprint density at radius 3 is 2.41 bits per heavy atom. The first-order valence-electron chi connectivity index (χ1n) is 10.1. The fraction of sp³-hybridized carbons (Fsp3) is 0.167. The van der Waals surface area contributed by atoms with Crippen molar-refractivity contribution in [2.75, 3.05) is 11.9 Å². The van der Waals surface area contributed by atoms with Crippen LogP contribution in [0.4, 0.5) is 10.1 Å². The van der Waals surface area contributed by atoms with Crippen molar-refractivity contribution in [3.05, 3.63) is 89.7 Å². The first-order chi connectivity index (χ1) is 15.5. The number of nitrogens with one attached hydrogen (secondary N) is 3. The summed E-state index contributed by atoms with van der Waals surface area (Å²) in [6, 6.07) is 18.4. The van der Waals surface area contributed by atoms with Gasteiger partial charge in [-0.15, -0.1) is 0 Å². The summed E-state index contributed by atoms with van der Waals surface area (Å²) in [5.41, 5.74) is 1.52. The zero-order valence-electron chi connectivity index (χ0n) is 17.5. The predicted octanol–water partition coefficient (Wildman–Crippen LogP) is 4.13. The van der Waals surface area contributed by atoms with Crippen molar-refractivity contribution in [3.63, 3.8) is 0 Å². The summed E-state index contributed by atoms with van der Waals surface area (Å²) in [7, 11) is 0. The molecule has 3 aromatic rings. The topological polar surface area (TPSA) is 90.5 Å². The fourth-order valence-corrected chi connectivity index (χ4v) is 3.56. The maximum atomic E-state index is 13.2. The molecule has 0 heterocycles. The molecule has 1 atom stereocenters. The Hall–Kier alpha value is -3.36. The molecule has 0 radical (unpaired) electrons. The van der Waals surface area contributed by atoms with Crippen LogP contribution in [0, 0.1) is 5.82 Å². The molecule has 1 unspecified atom stereocenters. The second-order valence-corrected chi connectivity index (χ2v) is 7.93.